The molecule has 0 saturated carbocycles. The molecule has 0 aliphatic rings. The summed E-state index contributed by atoms with van der Waals surface area (Å²) in [7, 11) is 0. The molecule has 1 rings (SSSR count). The summed E-state index contributed by atoms with van der Waals surface area (Å²) in [5, 5.41) is 14.2. The van der Waals surface area contributed by atoms with Crippen molar-refractivity contribution in [1.29, 1.82) is 0 Å². The van der Waals surface area contributed by atoms with Crippen LogP contribution in [-0.4, -0.2) is 22.8 Å². The first-order chi connectivity index (χ1) is 7.87. The second kappa shape index (κ2) is 6.45. The third-order valence-electron chi connectivity index (χ3n) is 2.49. The van der Waals surface area contributed by atoms with E-state index in [1.807, 2.05) is 0 Å². The highest BCUT2D eigenvalue weighted by Crippen LogP contribution is 2.22. The lowest BCUT2D eigenvalue weighted by Crippen LogP contribution is -2.24. The van der Waals surface area contributed by atoms with Gasteiger partial charge in [0.1, 0.15) is 10.0 Å². The molecule has 0 aromatic carbocycles. The largest absolute Gasteiger partial charge is 0.314 e. The molecule has 0 saturated heterocycles. The molecule has 0 unspecified atom stereocenters. The number of hydrogen-bond acceptors (Lipinski definition) is 4. The van der Waals surface area contributed by atoms with Crippen molar-refractivity contribution < 1.29 is 0 Å². The molecule has 0 atom stereocenters. The van der Waals surface area contributed by atoms with Gasteiger partial charge in [-0.25, -0.2) is 0 Å². The smallest absolute Gasteiger partial charge is 0.118 e. The van der Waals surface area contributed by atoms with E-state index in [0.29, 0.717) is 11.5 Å². The highest BCUT2D eigenvalue weighted by molar-refractivity contribution is 7.11. The Morgan fingerprint density at radius 2 is 1.71 bits per heavy atom. The highest BCUT2D eigenvalue weighted by atomic mass is 32.1. The van der Waals surface area contributed by atoms with Gasteiger partial charge in [-0.05, 0) is 11.8 Å². The van der Waals surface area contributed by atoms with E-state index in [1.54, 1.807) is 11.3 Å². The van der Waals surface area contributed by atoms with Crippen molar-refractivity contribution in [2.24, 2.45) is 5.41 Å². The topological polar surface area (TPSA) is 37.8 Å². The normalized spacial score (nSPS) is 12.4. The number of hydrogen-bond donors (Lipinski definition) is 1. The van der Waals surface area contributed by atoms with Gasteiger partial charge >= 0.3 is 0 Å². The molecule has 3 nitrogen and oxygen atoms in total. The summed E-state index contributed by atoms with van der Waals surface area (Å²) in [5.41, 5.74) is 0.380. The lowest BCUT2D eigenvalue weighted by molar-refractivity contribution is 0.377. The Kier molecular flexibility index (Phi) is 5.53. The fourth-order valence-corrected chi connectivity index (χ4v) is 2.28. The molecule has 1 heterocycles. The van der Waals surface area contributed by atoms with Crippen molar-refractivity contribution in [1.82, 2.24) is 15.5 Å². The fraction of sp³-hybridized carbons (Fsp3) is 0.846. The summed E-state index contributed by atoms with van der Waals surface area (Å²) >= 11 is 1.76. The number of aromatic nitrogens is 2. The first kappa shape index (κ1) is 14.6. The van der Waals surface area contributed by atoms with E-state index >= 15 is 0 Å². The standard InChI is InChI=1S/C13H25N3S/c1-10(2)14-9-7-12-16-15-11(17-12)6-8-13(3,4)5/h10,14H,6-9H2,1-5H3. The van der Waals surface area contributed by atoms with Crippen LogP contribution in [0.25, 0.3) is 0 Å². The second-order valence-corrected chi connectivity index (χ2v) is 7.16. The molecule has 0 radical (unpaired) electrons. The van der Waals surface area contributed by atoms with Crippen molar-refractivity contribution in [2.75, 3.05) is 6.54 Å². The number of nitrogens with zero attached hydrogens (tertiary/aromatic N) is 2. The van der Waals surface area contributed by atoms with Crippen LogP contribution in [0.2, 0.25) is 0 Å². The molecule has 0 bridgehead atoms. The Labute approximate surface area is 109 Å². The molecule has 1 N–H and O–H groups in total. The minimum absolute atomic E-state index is 0.380. The number of aryl methyl sites for hydroxylation is 1. The Bertz CT molecular complexity index is 326. The molecule has 0 aliphatic carbocycles. The van der Waals surface area contributed by atoms with Gasteiger partial charge in [0.2, 0.25) is 0 Å². The maximum atomic E-state index is 4.26. The predicted molar refractivity (Wildman–Crippen MR) is 74.5 cm³/mol. The first-order valence-corrected chi connectivity index (χ1v) is 7.23. The van der Waals surface area contributed by atoms with E-state index in [4.69, 9.17) is 0 Å². The van der Waals surface area contributed by atoms with Crippen LogP contribution in [0.4, 0.5) is 0 Å². The highest BCUT2D eigenvalue weighted by Gasteiger charge is 2.12. The second-order valence-electron chi connectivity index (χ2n) is 6.01. The van der Waals surface area contributed by atoms with Crippen LogP contribution >= 0.6 is 11.3 Å². The summed E-state index contributed by atoms with van der Waals surface area (Å²) in [6.45, 7) is 12.1. The molecule has 17 heavy (non-hydrogen) atoms. The van der Waals surface area contributed by atoms with Crippen molar-refractivity contribution in [3.8, 4) is 0 Å². The lowest BCUT2D eigenvalue weighted by atomic mass is 9.91. The van der Waals surface area contributed by atoms with Crippen LogP contribution in [0.1, 0.15) is 51.1 Å². The molecule has 4 heteroatoms. The molecular formula is C13H25N3S. The zero-order chi connectivity index (χ0) is 12.9. The summed E-state index contributed by atoms with van der Waals surface area (Å²) in [4.78, 5) is 0. The first-order valence-electron chi connectivity index (χ1n) is 6.41. The van der Waals surface area contributed by atoms with Crippen molar-refractivity contribution in [2.45, 2.75) is 59.9 Å². The number of nitrogens with one attached hydrogen (secondary N) is 1. The SMILES string of the molecule is CC(C)NCCc1nnc(CCC(C)(C)C)s1. The molecule has 1 aromatic heterocycles. The molecular weight excluding hydrogens is 230 g/mol. The third-order valence-corrected chi connectivity index (χ3v) is 3.53. The monoisotopic (exact) mass is 255 g/mol. The van der Waals surface area contributed by atoms with E-state index < -0.39 is 0 Å². The Morgan fingerprint density at radius 1 is 1.12 bits per heavy atom. The fourth-order valence-electron chi connectivity index (χ4n) is 1.44. The van der Waals surface area contributed by atoms with Crippen LogP contribution in [0.5, 0.6) is 0 Å². The van der Waals surface area contributed by atoms with E-state index in [-0.39, 0.29) is 0 Å². The van der Waals surface area contributed by atoms with E-state index in [1.165, 1.54) is 11.4 Å². The average molecular weight is 255 g/mol. The summed E-state index contributed by atoms with van der Waals surface area (Å²) in [6.07, 6.45) is 3.22. The van der Waals surface area contributed by atoms with E-state index in [2.05, 4.69) is 50.1 Å². The molecule has 1 aromatic rings. The summed E-state index contributed by atoms with van der Waals surface area (Å²) in [5.74, 6) is 0. The Morgan fingerprint density at radius 3 is 2.24 bits per heavy atom. The minimum atomic E-state index is 0.380. The average Bonchev–Trinajstić information content (AvgIpc) is 2.61. The Balaban J connectivity index is 2.32. The van der Waals surface area contributed by atoms with Crippen molar-refractivity contribution in [3.05, 3.63) is 10.0 Å². The van der Waals surface area contributed by atoms with Gasteiger partial charge < -0.3 is 5.32 Å². The molecule has 98 valence electrons. The van der Waals surface area contributed by atoms with Gasteiger partial charge in [-0.2, -0.15) is 0 Å². The molecule has 0 aliphatic heterocycles. The molecule has 0 spiro atoms. The van der Waals surface area contributed by atoms with Gasteiger partial charge in [-0.15, -0.1) is 21.5 Å². The zero-order valence-electron chi connectivity index (χ0n) is 11.7. The van der Waals surface area contributed by atoms with Crippen LogP contribution < -0.4 is 5.32 Å². The maximum absolute atomic E-state index is 4.26. The maximum Gasteiger partial charge on any atom is 0.118 e. The molecule has 0 fully saturated rings. The van der Waals surface area contributed by atoms with Crippen LogP contribution in [0.3, 0.4) is 0 Å². The van der Waals surface area contributed by atoms with Crippen molar-refractivity contribution >= 4 is 11.3 Å². The van der Waals surface area contributed by atoms with Crippen LogP contribution in [0.15, 0.2) is 0 Å². The predicted octanol–water partition coefficient (Wildman–Crippen LogP) is 3.06. The van der Waals surface area contributed by atoms with Gasteiger partial charge in [0.05, 0.1) is 0 Å². The Hall–Kier alpha value is -0.480. The quantitative estimate of drug-likeness (QED) is 0.849. The zero-order valence-corrected chi connectivity index (χ0v) is 12.5. The van der Waals surface area contributed by atoms with E-state index in [0.717, 1.165) is 24.4 Å². The van der Waals surface area contributed by atoms with Gasteiger partial charge in [-0.3, -0.25) is 0 Å². The van der Waals surface area contributed by atoms with E-state index in [9.17, 15) is 0 Å². The van der Waals surface area contributed by atoms with Gasteiger partial charge in [0.25, 0.3) is 0 Å². The van der Waals surface area contributed by atoms with Crippen LogP contribution in [-0.2, 0) is 12.8 Å². The van der Waals surface area contributed by atoms with Gasteiger partial charge in [0.15, 0.2) is 0 Å². The summed E-state index contributed by atoms with van der Waals surface area (Å²) in [6, 6.07) is 0.545. The van der Waals surface area contributed by atoms with Crippen LogP contribution in [0, 0.1) is 5.41 Å². The number of rotatable bonds is 6. The molecule has 0 amide bonds. The minimum Gasteiger partial charge on any atom is -0.314 e. The van der Waals surface area contributed by atoms with Crippen molar-refractivity contribution in [3.63, 3.8) is 0 Å². The lowest BCUT2D eigenvalue weighted by Gasteiger charge is -2.16. The van der Waals surface area contributed by atoms with Gasteiger partial charge in [0, 0.05) is 25.4 Å². The van der Waals surface area contributed by atoms with Gasteiger partial charge in [-0.1, -0.05) is 34.6 Å². The third kappa shape index (κ3) is 6.74. The summed E-state index contributed by atoms with van der Waals surface area (Å²) < 4.78 is 0.